The van der Waals surface area contributed by atoms with Crippen LogP contribution in [0.15, 0.2) is 24.3 Å². The van der Waals surface area contributed by atoms with Crippen molar-refractivity contribution in [2.75, 3.05) is 6.61 Å². The van der Waals surface area contributed by atoms with Gasteiger partial charge in [0.15, 0.2) is 0 Å². The molecule has 0 bridgehead atoms. The molecule has 1 N–H and O–H groups in total. The molecule has 0 aromatic heterocycles. The first-order chi connectivity index (χ1) is 6.70. The van der Waals surface area contributed by atoms with E-state index in [-0.39, 0.29) is 6.61 Å². The third kappa shape index (κ3) is 1.02. The fourth-order valence-electron chi connectivity index (χ4n) is 1.89. The molecule has 1 aliphatic heterocycles. The lowest BCUT2D eigenvalue weighted by molar-refractivity contribution is -0.144. The Morgan fingerprint density at radius 2 is 2.29 bits per heavy atom. The number of hydrogen-bond acceptors (Lipinski definition) is 2. The van der Waals surface area contributed by atoms with Crippen molar-refractivity contribution in [3.8, 4) is 5.75 Å². The van der Waals surface area contributed by atoms with E-state index >= 15 is 0 Å². The number of carboxylic acids is 1. The van der Waals surface area contributed by atoms with Crippen LogP contribution in [0.1, 0.15) is 18.9 Å². The topological polar surface area (TPSA) is 46.5 Å². The Labute approximate surface area is 82.3 Å². The van der Waals surface area contributed by atoms with E-state index in [4.69, 9.17) is 4.74 Å². The summed E-state index contributed by atoms with van der Waals surface area (Å²) in [6.07, 6.45) is 0.555. The lowest BCUT2D eigenvalue weighted by Gasteiger charge is -2.20. The van der Waals surface area contributed by atoms with Gasteiger partial charge in [-0.15, -0.1) is 0 Å². The Morgan fingerprint density at radius 1 is 1.57 bits per heavy atom. The van der Waals surface area contributed by atoms with Gasteiger partial charge in [0, 0.05) is 5.56 Å². The number of para-hydroxylation sites is 1. The van der Waals surface area contributed by atoms with Crippen molar-refractivity contribution in [2.45, 2.75) is 18.8 Å². The summed E-state index contributed by atoms with van der Waals surface area (Å²) >= 11 is 0. The molecule has 3 heteroatoms. The van der Waals surface area contributed by atoms with Crippen LogP contribution >= 0.6 is 0 Å². The van der Waals surface area contributed by atoms with E-state index in [0.717, 1.165) is 5.56 Å². The minimum absolute atomic E-state index is 0.248. The zero-order chi connectivity index (χ0) is 10.2. The highest BCUT2D eigenvalue weighted by Crippen LogP contribution is 2.40. The maximum absolute atomic E-state index is 11.2. The number of carbonyl (C=O) groups is 1. The van der Waals surface area contributed by atoms with Crippen LogP contribution in [0.5, 0.6) is 5.75 Å². The van der Waals surface area contributed by atoms with Crippen molar-refractivity contribution in [3.05, 3.63) is 29.8 Å². The highest BCUT2D eigenvalue weighted by Gasteiger charge is 2.45. The molecule has 1 heterocycles. The van der Waals surface area contributed by atoms with Gasteiger partial charge < -0.3 is 9.84 Å². The third-order valence-electron chi connectivity index (χ3n) is 2.89. The van der Waals surface area contributed by atoms with Gasteiger partial charge in [0.1, 0.15) is 17.8 Å². The smallest absolute Gasteiger partial charge is 0.317 e. The van der Waals surface area contributed by atoms with Gasteiger partial charge in [0.25, 0.3) is 0 Å². The molecule has 3 nitrogen and oxygen atoms in total. The molecule has 0 spiro atoms. The second kappa shape index (κ2) is 3.01. The van der Waals surface area contributed by atoms with E-state index < -0.39 is 11.4 Å². The lowest BCUT2D eigenvalue weighted by atomic mass is 9.80. The maximum atomic E-state index is 11.2. The Hall–Kier alpha value is -1.51. The molecule has 0 saturated carbocycles. The zero-order valence-electron chi connectivity index (χ0n) is 7.99. The molecule has 2 rings (SSSR count). The van der Waals surface area contributed by atoms with Crippen molar-refractivity contribution >= 4 is 5.97 Å². The molecule has 74 valence electrons. The molecular weight excluding hydrogens is 180 g/mol. The average Bonchev–Trinajstić information content (AvgIpc) is 2.57. The molecule has 0 fully saturated rings. The summed E-state index contributed by atoms with van der Waals surface area (Å²) in [5, 5.41) is 9.23. The van der Waals surface area contributed by atoms with E-state index in [9.17, 15) is 9.90 Å². The molecule has 0 radical (unpaired) electrons. The summed E-state index contributed by atoms with van der Waals surface area (Å²) in [5.74, 6) is -0.0956. The van der Waals surface area contributed by atoms with Crippen molar-refractivity contribution in [1.82, 2.24) is 0 Å². The van der Waals surface area contributed by atoms with E-state index in [0.29, 0.717) is 12.2 Å². The van der Waals surface area contributed by atoms with Gasteiger partial charge >= 0.3 is 5.97 Å². The van der Waals surface area contributed by atoms with Gasteiger partial charge in [-0.3, -0.25) is 4.79 Å². The molecule has 14 heavy (non-hydrogen) atoms. The Balaban J connectivity index is 2.55. The zero-order valence-corrected chi connectivity index (χ0v) is 7.99. The number of carboxylic acid groups (broad SMARTS) is 1. The largest absolute Gasteiger partial charge is 0.492 e. The summed E-state index contributed by atoms with van der Waals surface area (Å²) < 4.78 is 5.39. The van der Waals surface area contributed by atoms with Crippen LogP contribution in [-0.2, 0) is 10.2 Å². The standard InChI is InChI=1S/C11H12O3/c1-2-11(10(12)13)7-14-9-6-4-3-5-8(9)11/h3-6H,2,7H2,1H3,(H,12,13). The lowest BCUT2D eigenvalue weighted by Crippen LogP contribution is -2.36. The second-order valence-electron chi connectivity index (χ2n) is 3.53. The normalized spacial score (nSPS) is 24.1. The fourth-order valence-corrected chi connectivity index (χ4v) is 1.89. The molecular formula is C11H12O3. The van der Waals surface area contributed by atoms with Crippen LogP contribution in [0.4, 0.5) is 0 Å². The van der Waals surface area contributed by atoms with Crippen molar-refractivity contribution < 1.29 is 14.6 Å². The van der Waals surface area contributed by atoms with E-state index in [2.05, 4.69) is 0 Å². The van der Waals surface area contributed by atoms with Crippen LogP contribution in [0, 0.1) is 0 Å². The number of aliphatic carboxylic acids is 1. The van der Waals surface area contributed by atoms with E-state index in [1.165, 1.54) is 0 Å². The van der Waals surface area contributed by atoms with Crippen LogP contribution in [0.25, 0.3) is 0 Å². The van der Waals surface area contributed by atoms with Crippen molar-refractivity contribution in [2.24, 2.45) is 0 Å². The molecule has 1 aromatic carbocycles. The molecule has 1 aliphatic rings. The van der Waals surface area contributed by atoms with Gasteiger partial charge in [0.2, 0.25) is 0 Å². The third-order valence-corrected chi connectivity index (χ3v) is 2.89. The summed E-state index contributed by atoms with van der Waals surface area (Å²) in [7, 11) is 0. The van der Waals surface area contributed by atoms with Gasteiger partial charge in [0.05, 0.1) is 0 Å². The summed E-state index contributed by atoms with van der Waals surface area (Å²) in [4.78, 5) is 11.2. The van der Waals surface area contributed by atoms with Crippen molar-refractivity contribution in [3.63, 3.8) is 0 Å². The monoisotopic (exact) mass is 192 g/mol. The molecule has 1 unspecified atom stereocenters. The summed E-state index contributed by atoms with van der Waals surface area (Å²) in [6, 6.07) is 7.35. The average molecular weight is 192 g/mol. The number of rotatable bonds is 2. The van der Waals surface area contributed by atoms with E-state index in [1.807, 2.05) is 31.2 Å². The van der Waals surface area contributed by atoms with Gasteiger partial charge in [-0.25, -0.2) is 0 Å². The second-order valence-corrected chi connectivity index (χ2v) is 3.53. The minimum atomic E-state index is -0.837. The number of benzene rings is 1. The predicted molar refractivity (Wildman–Crippen MR) is 51.5 cm³/mol. The fraction of sp³-hybridized carbons (Fsp3) is 0.364. The number of ether oxygens (including phenoxy) is 1. The minimum Gasteiger partial charge on any atom is -0.492 e. The van der Waals surface area contributed by atoms with E-state index in [1.54, 1.807) is 0 Å². The summed E-state index contributed by atoms with van der Waals surface area (Å²) in [6.45, 7) is 2.12. The van der Waals surface area contributed by atoms with Crippen LogP contribution in [0.3, 0.4) is 0 Å². The molecule has 0 amide bonds. The molecule has 1 aromatic rings. The highest BCUT2D eigenvalue weighted by molar-refractivity contribution is 5.83. The maximum Gasteiger partial charge on any atom is 0.317 e. The first-order valence-corrected chi connectivity index (χ1v) is 4.66. The van der Waals surface area contributed by atoms with Crippen LogP contribution < -0.4 is 4.74 Å². The van der Waals surface area contributed by atoms with Crippen LogP contribution in [-0.4, -0.2) is 17.7 Å². The van der Waals surface area contributed by atoms with Gasteiger partial charge in [-0.1, -0.05) is 25.1 Å². The Morgan fingerprint density at radius 3 is 2.93 bits per heavy atom. The van der Waals surface area contributed by atoms with Gasteiger partial charge in [-0.2, -0.15) is 0 Å². The first kappa shape index (κ1) is 9.06. The Kier molecular flexibility index (Phi) is 1.95. The molecule has 0 aliphatic carbocycles. The van der Waals surface area contributed by atoms with Crippen LogP contribution in [0.2, 0.25) is 0 Å². The summed E-state index contributed by atoms with van der Waals surface area (Å²) in [5.41, 5.74) is -0.0358. The molecule has 0 saturated heterocycles. The van der Waals surface area contributed by atoms with Crippen molar-refractivity contribution in [1.29, 1.82) is 0 Å². The van der Waals surface area contributed by atoms with Gasteiger partial charge in [-0.05, 0) is 12.5 Å². The Bertz CT molecular complexity index is 373. The highest BCUT2D eigenvalue weighted by atomic mass is 16.5. The first-order valence-electron chi connectivity index (χ1n) is 4.66. The number of fused-ring (bicyclic) bond motifs is 1. The molecule has 1 atom stereocenters. The number of hydrogen-bond donors (Lipinski definition) is 1. The SMILES string of the molecule is CCC1(C(=O)O)COc2ccccc21. The quantitative estimate of drug-likeness (QED) is 0.777. The predicted octanol–water partition coefficient (Wildman–Crippen LogP) is 1.81.